The average Bonchev–Trinajstić information content (AvgIpc) is 2.42. The van der Waals surface area contributed by atoms with Crippen LogP contribution in [0.5, 0.6) is 0 Å². The summed E-state index contributed by atoms with van der Waals surface area (Å²) in [5, 5.41) is 3.03. The van der Waals surface area contributed by atoms with Gasteiger partial charge < -0.3 is 11.1 Å². The number of nitrogens with two attached hydrogens (primary N) is 1. The Morgan fingerprint density at radius 1 is 1.40 bits per heavy atom. The highest BCUT2D eigenvalue weighted by molar-refractivity contribution is 5.94. The molecule has 0 heterocycles. The number of carbonyl (C=O) groups excluding carboxylic acids is 1. The number of nitrogen functional groups attached to an aromatic ring is 1. The van der Waals surface area contributed by atoms with Gasteiger partial charge in [0.1, 0.15) is 0 Å². The Bertz CT molecular complexity index is 470. The van der Waals surface area contributed by atoms with Crippen LogP contribution in [0.1, 0.15) is 54.9 Å². The van der Waals surface area contributed by atoms with Crippen molar-refractivity contribution in [1.29, 1.82) is 0 Å². The molecular formula is C17H26N2O. The zero-order valence-electron chi connectivity index (χ0n) is 12.6. The normalized spacial score (nSPS) is 22.5. The summed E-state index contributed by atoms with van der Waals surface area (Å²) in [6, 6.07) is 5.45. The number of amides is 1. The predicted molar refractivity (Wildman–Crippen MR) is 83.7 cm³/mol. The summed E-state index contributed by atoms with van der Waals surface area (Å²) in [6.07, 6.45) is 6.45. The second kappa shape index (κ2) is 6.78. The standard InChI is InChI=1S/C17H26N2O/c1-12-4-3-5-14(10-12)8-9-19-17(20)15-6-7-16(18)13(2)11-15/h6-7,11-12,14H,3-5,8-10,18H2,1-2H3,(H,19,20). The van der Waals surface area contributed by atoms with Gasteiger partial charge in [0.25, 0.3) is 5.91 Å². The van der Waals surface area contributed by atoms with Crippen molar-refractivity contribution in [2.45, 2.75) is 46.0 Å². The Labute approximate surface area is 121 Å². The molecule has 1 aliphatic carbocycles. The minimum absolute atomic E-state index is 0.0111. The van der Waals surface area contributed by atoms with Gasteiger partial charge in [-0.2, -0.15) is 0 Å². The van der Waals surface area contributed by atoms with Gasteiger partial charge in [-0.25, -0.2) is 0 Å². The van der Waals surface area contributed by atoms with Gasteiger partial charge in [0.15, 0.2) is 0 Å². The van der Waals surface area contributed by atoms with Crippen LogP contribution in [0.25, 0.3) is 0 Å². The largest absolute Gasteiger partial charge is 0.399 e. The quantitative estimate of drug-likeness (QED) is 0.825. The first-order valence-corrected chi connectivity index (χ1v) is 7.70. The highest BCUT2D eigenvalue weighted by atomic mass is 16.1. The number of anilines is 1. The molecule has 1 aromatic carbocycles. The van der Waals surface area contributed by atoms with Crippen molar-refractivity contribution in [2.75, 3.05) is 12.3 Å². The summed E-state index contributed by atoms with van der Waals surface area (Å²) in [4.78, 5) is 12.1. The molecule has 0 aromatic heterocycles. The second-order valence-electron chi connectivity index (χ2n) is 6.25. The van der Waals surface area contributed by atoms with E-state index < -0.39 is 0 Å². The predicted octanol–water partition coefficient (Wildman–Crippen LogP) is 3.52. The van der Waals surface area contributed by atoms with Crippen LogP contribution in [0, 0.1) is 18.8 Å². The fourth-order valence-electron chi connectivity index (χ4n) is 3.13. The van der Waals surface area contributed by atoms with Gasteiger partial charge in [-0.05, 0) is 55.4 Å². The van der Waals surface area contributed by atoms with Crippen LogP contribution in [0.3, 0.4) is 0 Å². The first kappa shape index (κ1) is 14.9. The van der Waals surface area contributed by atoms with Crippen molar-refractivity contribution in [2.24, 2.45) is 11.8 Å². The lowest BCUT2D eigenvalue weighted by atomic mass is 9.81. The maximum absolute atomic E-state index is 12.1. The fourth-order valence-corrected chi connectivity index (χ4v) is 3.13. The Kier molecular flexibility index (Phi) is 5.05. The third-order valence-corrected chi connectivity index (χ3v) is 4.42. The number of carbonyl (C=O) groups is 1. The molecule has 2 unspecified atom stereocenters. The lowest BCUT2D eigenvalue weighted by Gasteiger charge is -2.26. The van der Waals surface area contributed by atoms with Crippen molar-refractivity contribution in [3.05, 3.63) is 29.3 Å². The number of hydrogen-bond acceptors (Lipinski definition) is 2. The molecule has 1 fully saturated rings. The molecule has 110 valence electrons. The first-order valence-electron chi connectivity index (χ1n) is 7.70. The van der Waals surface area contributed by atoms with E-state index in [0.29, 0.717) is 5.56 Å². The van der Waals surface area contributed by atoms with E-state index in [1.807, 2.05) is 13.0 Å². The van der Waals surface area contributed by atoms with Crippen molar-refractivity contribution >= 4 is 11.6 Å². The maximum Gasteiger partial charge on any atom is 0.251 e. The van der Waals surface area contributed by atoms with E-state index in [9.17, 15) is 4.79 Å². The van der Waals surface area contributed by atoms with Gasteiger partial charge in [-0.1, -0.05) is 26.2 Å². The van der Waals surface area contributed by atoms with Crippen molar-refractivity contribution in [1.82, 2.24) is 5.32 Å². The van der Waals surface area contributed by atoms with Crippen LogP contribution in [0.2, 0.25) is 0 Å². The molecule has 1 amide bonds. The Balaban J connectivity index is 1.78. The highest BCUT2D eigenvalue weighted by Crippen LogP contribution is 2.30. The molecule has 20 heavy (non-hydrogen) atoms. The molecule has 1 aromatic rings. The van der Waals surface area contributed by atoms with Crippen molar-refractivity contribution < 1.29 is 4.79 Å². The molecule has 3 N–H and O–H groups in total. The molecule has 0 bridgehead atoms. The molecule has 2 rings (SSSR count). The van der Waals surface area contributed by atoms with E-state index in [1.165, 1.54) is 25.7 Å². The zero-order chi connectivity index (χ0) is 14.5. The van der Waals surface area contributed by atoms with Crippen LogP contribution in [-0.4, -0.2) is 12.5 Å². The summed E-state index contributed by atoms with van der Waals surface area (Å²) in [5.41, 5.74) is 8.16. The van der Waals surface area contributed by atoms with Crippen molar-refractivity contribution in [3.63, 3.8) is 0 Å². The van der Waals surface area contributed by atoms with Gasteiger partial charge in [-0.15, -0.1) is 0 Å². The highest BCUT2D eigenvalue weighted by Gasteiger charge is 2.18. The van der Waals surface area contributed by atoms with E-state index >= 15 is 0 Å². The molecule has 3 nitrogen and oxygen atoms in total. The summed E-state index contributed by atoms with van der Waals surface area (Å²) in [7, 11) is 0. The lowest BCUT2D eigenvalue weighted by molar-refractivity contribution is 0.0949. The van der Waals surface area contributed by atoms with Crippen LogP contribution in [0.4, 0.5) is 5.69 Å². The molecule has 3 heteroatoms. The summed E-state index contributed by atoms with van der Waals surface area (Å²) < 4.78 is 0. The summed E-state index contributed by atoms with van der Waals surface area (Å²) in [5.74, 6) is 1.65. The summed E-state index contributed by atoms with van der Waals surface area (Å²) >= 11 is 0. The lowest BCUT2D eigenvalue weighted by Crippen LogP contribution is -2.27. The van der Waals surface area contributed by atoms with Gasteiger partial charge in [-0.3, -0.25) is 4.79 Å². The average molecular weight is 274 g/mol. The van der Waals surface area contributed by atoms with E-state index in [4.69, 9.17) is 5.73 Å². The molecule has 2 atom stereocenters. The number of aryl methyl sites for hydroxylation is 1. The van der Waals surface area contributed by atoms with E-state index in [-0.39, 0.29) is 5.91 Å². The van der Waals surface area contributed by atoms with Gasteiger partial charge in [0.2, 0.25) is 0 Å². The third-order valence-electron chi connectivity index (χ3n) is 4.42. The van der Waals surface area contributed by atoms with E-state index in [0.717, 1.165) is 36.1 Å². The SMILES string of the molecule is Cc1cc(C(=O)NCCC2CCCC(C)C2)ccc1N. The van der Waals surface area contributed by atoms with Crippen LogP contribution >= 0.6 is 0 Å². The number of rotatable bonds is 4. The fraction of sp³-hybridized carbons (Fsp3) is 0.588. The minimum atomic E-state index is 0.0111. The topological polar surface area (TPSA) is 55.1 Å². The van der Waals surface area contributed by atoms with Crippen LogP contribution < -0.4 is 11.1 Å². The minimum Gasteiger partial charge on any atom is -0.399 e. The van der Waals surface area contributed by atoms with Crippen molar-refractivity contribution in [3.8, 4) is 0 Å². The van der Waals surface area contributed by atoms with E-state index in [1.54, 1.807) is 12.1 Å². The maximum atomic E-state index is 12.1. The Hall–Kier alpha value is -1.51. The van der Waals surface area contributed by atoms with Gasteiger partial charge >= 0.3 is 0 Å². The molecular weight excluding hydrogens is 248 g/mol. The van der Waals surface area contributed by atoms with E-state index in [2.05, 4.69) is 12.2 Å². The first-order chi connectivity index (χ1) is 9.56. The molecule has 0 saturated heterocycles. The third kappa shape index (κ3) is 3.99. The number of nitrogens with one attached hydrogen (secondary N) is 1. The Morgan fingerprint density at radius 2 is 2.20 bits per heavy atom. The Morgan fingerprint density at radius 3 is 2.90 bits per heavy atom. The van der Waals surface area contributed by atoms with Crippen LogP contribution in [0.15, 0.2) is 18.2 Å². The number of hydrogen-bond donors (Lipinski definition) is 2. The molecule has 0 radical (unpaired) electrons. The monoisotopic (exact) mass is 274 g/mol. The molecule has 0 spiro atoms. The molecule has 0 aliphatic heterocycles. The van der Waals surface area contributed by atoms with Gasteiger partial charge in [0, 0.05) is 17.8 Å². The number of benzene rings is 1. The smallest absolute Gasteiger partial charge is 0.251 e. The van der Waals surface area contributed by atoms with Crippen LogP contribution in [-0.2, 0) is 0 Å². The molecule has 1 saturated carbocycles. The van der Waals surface area contributed by atoms with Gasteiger partial charge in [0.05, 0.1) is 0 Å². The zero-order valence-corrected chi connectivity index (χ0v) is 12.6. The molecule has 1 aliphatic rings. The second-order valence-corrected chi connectivity index (χ2v) is 6.25. The summed E-state index contributed by atoms with van der Waals surface area (Å²) in [6.45, 7) is 5.04.